The molecule has 2 aliphatic carbocycles. The van der Waals surface area contributed by atoms with Gasteiger partial charge in [0.25, 0.3) is 0 Å². The number of fused-ring (bicyclic) bond motifs is 1. The van der Waals surface area contributed by atoms with Gasteiger partial charge in [0.15, 0.2) is 0 Å². The van der Waals surface area contributed by atoms with E-state index in [-0.39, 0.29) is 36.8 Å². The highest BCUT2D eigenvalue weighted by atomic mass is 16.5. The van der Waals surface area contributed by atoms with Crippen molar-refractivity contribution in [1.29, 1.82) is 0 Å². The zero-order chi connectivity index (χ0) is 23.3. The minimum Gasteiger partial charge on any atom is -0.395 e. The lowest BCUT2D eigenvalue weighted by molar-refractivity contribution is -0.127. The van der Waals surface area contributed by atoms with Crippen molar-refractivity contribution >= 4 is 5.91 Å². The molecule has 3 aliphatic heterocycles. The van der Waals surface area contributed by atoms with E-state index in [1.165, 1.54) is 19.3 Å². The highest BCUT2D eigenvalue weighted by Crippen LogP contribution is 2.35. The average molecular weight is 480 g/mol. The fraction of sp³-hybridized carbons (Fsp3) is 0.958. The maximum atomic E-state index is 13.1. The fourth-order valence-corrected chi connectivity index (χ4v) is 6.86. The van der Waals surface area contributed by atoms with Crippen LogP contribution in [0.4, 0.5) is 0 Å². The summed E-state index contributed by atoms with van der Waals surface area (Å²) < 4.78 is 5.99. The third kappa shape index (κ3) is 5.75. The Kier molecular flexibility index (Phi) is 8.71. The normalized spacial score (nSPS) is 41.3. The Labute approximate surface area is 203 Å². The lowest BCUT2D eigenvalue weighted by Crippen LogP contribution is -2.59. The van der Waals surface area contributed by atoms with E-state index in [4.69, 9.17) is 4.74 Å². The molecule has 3 heterocycles. The van der Waals surface area contributed by atoms with Crippen molar-refractivity contribution in [2.45, 2.75) is 94.3 Å². The molecule has 0 spiro atoms. The van der Waals surface area contributed by atoms with E-state index in [1.54, 1.807) is 0 Å². The van der Waals surface area contributed by atoms with Crippen molar-refractivity contribution < 1.29 is 14.6 Å². The molecule has 5 rings (SSSR count). The second-order valence-corrected chi connectivity index (χ2v) is 10.9. The predicted octanol–water partition coefficient (Wildman–Crippen LogP) is -0.828. The number of hydrogen-bond donors (Lipinski definition) is 7. The molecule has 0 radical (unpaired) electrons. The molecular formula is C24H45N7O3. The van der Waals surface area contributed by atoms with Gasteiger partial charge in [-0.3, -0.25) is 15.0 Å². The summed E-state index contributed by atoms with van der Waals surface area (Å²) >= 11 is 0. The van der Waals surface area contributed by atoms with E-state index in [0.717, 1.165) is 58.3 Å². The van der Waals surface area contributed by atoms with Gasteiger partial charge in [0, 0.05) is 43.7 Å². The maximum absolute atomic E-state index is 13.1. The van der Waals surface area contributed by atoms with Gasteiger partial charge < -0.3 is 25.8 Å². The standard InChI is InChI=1S/C24H45N7O3/c32-11-10-31-22(29-30-23(31)19-8-9-25-15-27-19)13-26-17-5-3-4-16(12-17)24(33)28-20-14-34-21-7-2-1-6-18(20)21/h16-23,25-27,29-30,32H,1-15H2,(H,28,33)/t16?,17?,18?,19?,20-,21?,22?,23?/m0/s1. The number of carbonyl (C=O) groups is 1. The number of aliphatic hydroxyl groups is 1. The number of hydrogen-bond acceptors (Lipinski definition) is 9. The van der Waals surface area contributed by atoms with Gasteiger partial charge in [-0.1, -0.05) is 19.3 Å². The maximum Gasteiger partial charge on any atom is 0.223 e. The average Bonchev–Trinajstić information content (AvgIpc) is 3.48. The van der Waals surface area contributed by atoms with Gasteiger partial charge in [-0.15, -0.1) is 0 Å². The molecule has 0 aromatic carbocycles. The number of carbonyl (C=O) groups excluding carboxylic acids is 1. The molecule has 7 unspecified atom stereocenters. The van der Waals surface area contributed by atoms with Crippen molar-refractivity contribution in [3.05, 3.63) is 0 Å². The summed E-state index contributed by atoms with van der Waals surface area (Å²) in [6, 6.07) is 0.893. The highest BCUT2D eigenvalue weighted by molar-refractivity contribution is 5.79. The number of hydrazine groups is 1. The van der Waals surface area contributed by atoms with Gasteiger partial charge in [0.1, 0.15) is 0 Å². The Bertz CT molecular complexity index is 664. The topological polar surface area (TPSA) is 122 Å². The van der Waals surface area contributed by atoms with E-state index in [9.17, 15) is 9.90 Å². The number of rotatable bonds is 8. The number of nitrogens with one attached hydrogen (secondary N) is 6. The van der Waals surface area contributed by atoms with E-state index in [0.29, 0.717) is 37.3 Å². The number of β-amino-alcohol motifs (C(OH)–C–C–N with tert-alkyl or cyclic N) is 1. The van der Waals surface area contributed by atoms with Crippen LogP contribution in [0, 0.1) is 11.8 Å². The van der Waals surface area contributed by atoms with Gasteiger partial charge in [0.05, 0.1) is 37.7 Å². The summed E-state index contributed by atoms with van der Waals surface area (Å²) in [6.07, 6.45) is 10.6. The van der Waals surface area contributed by atoms with Gasteiger partial charge in [-0.25, -0.2) is 10.9 Å². The van der Waals surface area contributed by atoms with Crippen molar-refractivity contribution in [2.75, 3.05) is 39.5 Å². The zero-order valence-electron chi connectivity index (χ0n) is 20.4. The van der Waals surface area contributed by atoms with Gasteiger partial charge in [-0.05, 0) is 45.1 Å². The molecule has 194 valence electrons. The van der Waals surface area contributed by atoms with Crippen LogP contribution in [-0.4, -0.2) is 92.0 Å². The third-order valence-electron chi connectivity index (χ3n) is 8.75. The molecule has 8 atom stereocenters. The van der Waals surface area contributed by atoms with Crippen LogP contribution >= 0.6 is 0 Å². The monoisotopic (exact) mass is 479 g/mol. The second kappa shape index (κ2) is 11.9. The second-order valence-electron chi connectivity index (χ2n) is 10.9. The molecule has 5 fully saturated rings. The summed E-state index contributed by atoms with van der Waals surface area (Å²) in [5.41, 5.74) is 6.88. The molecule has 2 saturated carbocycles. The molecule has 0 aromatic rings. The lowest BCUT2D eigenvalue weighted by Gasteiger charge is -2.36. The van der Waals surface area contributed by atoms with Crippen LogP contribution in [0.15, 0.2) is 0 Å². The first-order valence-electron chi connectivity index (χ1n) is 13.7. The van der Waals surface area contributed by atoms with Gasteiger partial charge in [-0.2, -0.15) is 0 Å². The fourth-order valence-electron chi connectivity index (χ4n) is 6.86. The minimum atomic E-state index is 0.0868. The smallest absolute Gasteiger partial charge is 0.223 e. The molecule has 1 amide bonds. The number of amides is 1. The lowest BCUT2D eigenvalue weighted by atomic mass is 9.82. The van der Waals surface area contributed by atoms with Crippen molar-refractivity contribution in [3.8, 4) is 0 Å². The minimum absolute atomic E-state index is 0.0868. The first-order valence-corrected chi connectivity index (χ1v) is 13.7. The molecule has 3 saturated heterocycles. The molecule has 0 bridgehead atoms. The van der Waals surface area contributed by atoms with E-state index < -0.39 is 0 Å². The van der Waals surface area contributed by atoms with Crippen LogP contribution in [-0.2, 0) is 9.53 Å². The van der Waals surface area contributed by atoms with Crippen molar-refractivity contribution in [1.82, 2.24) is 37.0 Å². The Balaban J connectivity index is 1.09. The Morgan fingerprint density at radius 1 is 1.09 bits per heavy atom. The van der Waals surface area contributed by atoms with E-state index >= 15 is 0 Å². The van der Waals surface area contributed by atoms with Crippen LogP contribution in [0.1, 0.15) is 57.8 Å². The SMILES string of the molecule is O=C(N[C@H]1COC2CCCCC21)C1CCCC(NCC2NNC(C3CCNCN3)N2CCO)C1. The summed E-state index contributed by atoms with van der Waals surface area (Å²) in [4.78, 5) is 15.4. The van der Waals surface area contributed by atoms with Crippen molar-refractivity contribution in [3.63, 3.8) is 0 Å². The van der Waals surface area contributed by atoms with Crippen LogP contribution < -0.4 is 32.1 Å². The molecule has 0 aromatic heterocycles. The molecule has 7 N–H and O–H groups in total. The first kappa shape index (κ1) is 24.8. The van der Waals surface area contributed by atoms with Gasteiger partial charge in [0.2, 0.25) is 5.91 Å². The van der Waals surface area contributed by atoms with Gasteiger partial charge >= 0.3 is 0 Å². The van der Waals surface area contributed by atoms with Crippen LogP contribution in [0.3, 0.4) is 0 Å². The summed E-state index contributed by atoms with van der Waals surface area (Å²) in [5.74, 6) is 0.825. The Hall–Kier alpha value is -0.850. The van der Waals surface area contributed by atoms with Crippen molar-refractivity contribution in [2.24, 2.45) is 11.8 Å². The number of ether oxygens (including phenoxy) is 1. The van der Waals surface area contributed by atoms with E-state index in [2.05, 4.69) is 37.0 Å². The molecular weight excluding hydrogens is 434 g/mol. The quantitative estimate of drug-likeness (QED) is 0.239. The predicted molar refractivity (Wildman–Crippen MR) is 129 cm³/mol. The molecule has 10 heteroatoms. The van der Waals surface area contributed by atoms with Crippen LogP contribution in [0.5, 0.6) is 0 Å². The Morgan fingerprint density at radius 3 is 2.85 bits per heavy atom. The summed E-state index contributed by atoms with van der Waals surface area (Å²) in [5, 5.41) is 23.6. The summed E-state index contributed by atoms with van der Waals surface area (Å²) in [7, 11) is 0. The van der Waals surface area contributed by atoms with Crippen LogP contribution in [0.2, 0.25) is 0 Å². The number of nitrogens with zero attached hydrogens (tertiary/aromatic N) is 1. The first-order chi connectivity index (χ1) is 16.7. The molecule has 34 heavy (non-hydrogen) atoms. The zero-order valence-corrected chi connectivity index (χ0v) is 20.4. The van der Waals surface area contributed by atoms with E-state index in [1.807, 2.05) is 0 Å². The highest BCUT2D eigenvalue weighted by Gasteiger charge is 2.41. The molecule has 10 nitrogen and oxygen atoms in total. The summed E-state index contributed by atoms with van der Waals surface area (Å²) in [6.45, 7) is 4.06. The largest absolute Gasteiger partial charge is 0.395 e. The molecule has 5 aliphatic rings. The number of aliphatic hydroxyl groups excluding tert-OH is 1. The third-order valence-corrected chi connectivity index (χ3v) is 8.75. The Morgan fingerprint density at radius 2 is 2.00 bits per heavy atom. The van der Waals surface area contributed by atoms with Crippen LogP contribution in [0.25, 0.3) is 0 Å².